The molecular weight excluding hydrogens is 371 g/mol. The van der Waals surface area contributed by atoms with Crippen LogP contribution in [0.15, 0.2) is 42.5 Å². The molecule has 0 fully saturated rings. The van der Waals surface area contributed by atoms with Crippen molar-refractivity contribution in [2.45, 2.75) is 32.2 Å². The first kappa shape index (κ1) is 18.9. The quantitative estimate of drug-likeness (QED) is 0.693. The second kappa shape index (κ2) is 7.77. The zero-order chi connectivity index (χ0) is 18.7. The first-order valence-corrected chi connectivity index (χ1v) is 9.37. The van der Waals surface area contributed by atoms with Crippen molar-refractivity contribution in [3.05, 3.63) is 52.5 Å². The number of fused-ring (bicyclic) bond motifs is 1. The Hall–Kier alpha value is -1.91. The van der Waals surface area contributed by atoms with Crippen molar-refractivity contribution in [3.8, 4) is 5.75 Å². The molecule has 3 rings (SSSR count). The van der Waals surface area contributed by atoms with Crippen LogP contribution in [0.2, 0.25) is 10.0 Å². The lowest BCUT2D eigenvalue weighted by molar-refractivity contribution is -0.119. The van der Waals surface area contributed by atoms with E-state index in [1.54, 1.807) is 18.2 Å². The van der Waals surface area contributed by atoms with Crippen molar-refractivity contribution >= 4 is 40.5 Å². The van der Waals surface area contributed by atoms with E-state index in [9.17, 15) is 4.79 Å². The molecule has 138 valence electrons. The number of halogens is 2. The van der Waals surface area contributed by atoms with E-state index < -0.39 is 0 Å². The second-order valence-electron chi connectivity index (χ2n) is 7.03. The van der Waals surface area contributed by atoms with E-state index >= 15 is 0 Å². The summed E-state index contributed by atoms with van der Waals surface area (Å²) in [7, 11) is 0. The van der Waals surface area contributed by atoms with E-state index in [0.29, 0.717) is 41.8 Å². The molecule has 0 atom stereocenters. The molecule has 0 unspecified atom stereocenters. The molecule has 1 aliphatic heterocycles. The van der Waals surface area contributed by atoms with Crippen molar-refractivity contribution in [3.63, 3.8) is 0 Å². The molecule has 4 nitrogen and oxygen atoms in total. The molecule has 2 aromatic carbocycles. The largest absolute Gasteiger partial charge is 0.492 e. The molecule has 0 radical (unpaired) electrons. The summed E-state index contributed by atoms with van der Waals surface area (Å²) in [4.78, 5) is 14.6. The van der Waals surface area contributed by atoms with Gasteiger partial charge in [-0.2, -0.15) is 0 Å². The SMILES string of the molecule is CC1(C)CN(C(=O)CCCOc2ccc(Cl)cc2Cl)c2ccccc2N1. The van der Waals surface area contributed by atoms with Crippen LogP contribution in [0.4, 0.5) is 11.4 Å². The first-order chi connectivity index (χ1) is 12.4. The standard InChI is InChI=1S/C20H22Cl2N2O2/c1-20(2)13-24(17-7-4-3-6-16(17)23-20)19(25)8-5-11-26-18-10-9-14(21)12-15(18)22/h3-4,6-7,9-10,12,23H,5,8,11,13H2,1-2H3. The number of rotatable bonds is 5. The number of nitrogens with one attached hydrogen (secondary N) is 1. The van der Waals surface area contributed by atoms with Crippen molar-refractivity contribution in [1.82, 2.24) is 0 Å². The van der Waals surface area contributed by atoms with Crippen LogP contribution >= 0.6 is 23.2 Å². The number of ether oxygens (including phenoxy) is 1. The maximum atomic E-state index is 12.8. The molecule has 26 heavy (non-hydrogen) atoms. The van der Waals surface area contributed by atoms with E-state index in [1.807, 2.05) is 29.2 Å². The Morgan fingerprint density at radius 1 is 1.23 bits per heavy atom. The van der Waals surface area contributed by atoms with Crippen molar-refractivity contribution in [2.75, 3.05) is 23.4 Å². The summed E-state index contributed by atoms with van der Waals surface area (Å²) in [6.45, 7) is 5.24. The topological polar surface area (TPSA) is 41.6 Å². The Morgan fingerprint density at radius 3 is 2.77 bits per heavy atom. The lowest BCUT2D eigenvalue weighted by Crippen LogP contribution is -2.50. The minimum Gasteiger partial charge on any atom is -0.492 e. The predicted molar refractivity (Wildman–Crippen MR) is 108 cm³/mol. The number of nitrogens with zero attached hydrogens (tertiary/aromatic N) is 1. The fourth-order valence-corrected chi connectivity index (χ4v) is 3.52. The summed E-state index contributed by atoms with van der Waals surface area (Å²) in [5.74, 6) is 0.676. The zero-order valence-electron chi connectivity index (χ0n) is 14.9. The molecular formula is C20H22Cl2N2O2. The van der Waals surface area contributed by atoms with Gasteiger partial charge in [-0.15, -0.1) is 0 Å². The summed E-state index contributed by atoms with van der Waals surface area (Å²) in [6, 6.07) is 13.0. The van der Waals surface area contributed by atoms with Gasteiger partial charge in [0, 0.05) is 23.5 Å². The number of carbonyl (C=O) groups is 1. The highest BCUT2D eigenvalue weighted by Gasteiger charge is 2.32. The van der Waals surface area contributed by atoms with E-state index in [-0.39, 0.29) is 11.4 Å². The van der Waals surface area contributed by atoms with Crippen LogP contribution in [-0.2, 0) is 4.79 Å². The maximum absolute atomic E-state index is 12.8. The van der Waals surface area contributed by atoms with Gasteiger partial charge < -0.3 is 15.0 Å². The zero-order valence-corrected chi connectivity index (χ0v) is 16.4. The van der Waals surface area contributed by atoms with Gasteiger partial charge in [-0.3, -0.25) is 4.79 Å². The summed E-state index contributed by atoms with van der Waals surface area (Å²) in [6.07, 6.45) is 1.03. The fourth-order valence-electron chi connectivity index (χ4n) is 3.05. The van der Waals surface area contributed by atoms with Crippen LogP contribution in [0.5, 0.6) is 5.75 Å². The average molecular weight is 393 g/mol. The Bertz CT molecular complexity index is 808. The van der Waals surface area contributed by atoms with Crippen LogP contribution in [0.1, 0.15) is 26.7 Å². The van der Waals surface area contributed by atoms with E-state index in [2.05, 4.69) is 19.2 Å². The monoisotopic (exact) mass is 392 g/mol. The maximum Gasteiger partial charge on any atom is 0.227 e. The van der Waals surface area contributed by atoms with Crippen molar-refractivity contribution < 1.29 is 9.53 Å². The number of anilines is 2. The van der Waals surface area contributed by atoms with Gasteiger partial charge in [0.1, 0.15) is 5.75 Å². The molecule has 0 spiro atoms. The summed E-state index contributed by atoms with van der Waals surface area (Å²) in [5, 5.41) is 4.52. The summed E-state index contributed by atoms with van der Waals surface area (Å²) in [5.41, 5.74) is 1.75. The van der Waals surface area contributed by atoms with E-state index in [4.69, 9.17) is 27.9 Å². The van der Waals surface area contributed by atoms with Gasteiger partial charge in [0.2, 0.25) is 5.91 Å². The Labute approximate surface area is 164 Å². The molecule has 1 N–H and O–H groups in total. The van der Waals surface area contributed by atoms with Crippen LogP contribution in [-0.4, -0.2) is 24.6 Å². The Balaban J connectivity index is 1.58. The molecule has 0 aromatic heterocycles. The van der Waals surface area contributed by atoms with Gasteiger partial charge in [-0.05, 0) is 50.6 Å². The van der Waals surface area contributed by atoms with Crippen LogP contribution in [0, 0.1) is 0 Å². The number of carbonyl (C=O) groups excluding carboxylic acids is 1. The van der Waals surface area contributed by atoms with Gasteiger partial charge in [0.05, 0.1) is 23.0 Å². The molecule has 6 heteroatoms. The number of hydrogen-bond donors (Lipinski definition) is 1. The third-order valence-corrected chi connectivity index (χ3v) is 4.74. The molecule has 0 saturated carbocycles. The third kappa shape index (κ3) is 4.43. The molecule has 0 aliphatic carbocycles. The number of amides is 1. The van der Waals surface area contributed by atoms with Crippen molar-refractivity contribution in [2.24, 2.45) is 0 Å². The van der Waals surface area contributed by atoms with Gasteiger partial charge >= 0.3 is 0 Å². The molecule has 1 aliphatic rings. The lowest BCUT2D eigenvalue weighted by Gasteiger charge is -2.41. The van der Waals surface area contributed by atoms with Gasteiger partial charge in [-0.25, -0.2) is 0 Å². The highest BCUT2D eigenvalue weighted by molar-refractivity contribution is 6.35. The normalized spacial score (nSPS) is 15.2. The van der Waals surface area contributed by atoms with Crippen LogP contribution in [0.3, 0.4) is 0 Å². The van der Waals surface area contributed by atoms with E-state index in [1.165, 1.54) is 0 Å². The summed E-state index contributed by atoms with van der Waals surface area (Å²) >= 11 is 12.0. The fraction of sp³-hybridized carbons (Fsp3) is 0.350. The average Bonchev–Trinajstić information content (AvgIpc) is 2.58. The molecule has 0 saturated heterocycles. The number of hydrogen-bond acceptors (Lipinski definition) is 3. The number of benzene rings is 2. The van der Waals surface area contributed by atoms with Gasteiger partial charge in [-0.1, -0.05) is 35.3 Å². The van der Waals surface area contributed by atoms with E-state index in [0.717, 1.165) is 11.4 Å². The van der Waals surface area contributed by atoms with Crippen molar-refractivity contribution in [1.29, 1.82) is 0 Å². The third-order valence-electron chi connectivity index (χ3n) is 4.21. The molecule has 1 heterocycles. The predicted octanol–water partition coefficient (Wildman–Crippen LogP) is 5.39. The second-order valence-corrected chi connectivity index (χ2v) is 7.88. The lowest BCUT2D eigenvalue weighted by atomic mass is 9.99. The van der Waals surface area contributed by atoms with Crippen LogP contribution in [0.25, 0.3) is 0 Å². The molecule has 0 bridgehead atoms. The molecule has 1 amide bonds. The highest BCUT2D eigenvalue weighted by Crippen LogP contribution is 2.34. The number of para-hydroxylation sites is 2. The van der Waals surface area contributed by atoms with Gasteiger partial charge in [0.25, 0.3) is 0 Å². The minimum absolute atomic E-state index is 0.0952. The van der Waals surface area contributed by atoms with Crippen LogP contribution < -0.4 is 15.0 Å². The molecule has 2 aromatic rings. The first-order valence-electron chi connectivity index (χ1n) is 8.61. The Kier molecular flexibility index (Phi) is 5.64. The van der Waals surface area contributed by atoms with Gasteiger partial charge in [0.15, 0.2) is 0 Å². The summed E-state index contributed by atoms with van der Waals surface area (Å²) < 4.78 is 5.67. The minimum atomic E-state index is -0.169. The smallest absolute Gasteiger partial charge is 0.227 e. The Morgan fingerprint density at radius 2 is 2.00 bits per heavy atom. The highest BCUT2D eigenvalue weighted by atomic mass is 35.5.